The van der Waals surface area contributed by atoms with Gasteiger partial charge in [-0.1, -0.05) is 0 Å². The van der Waals surface area contributed by atoms with Gasteiger partial charge in [-0.2, -0.15) is 16.9 Å². The average molecular weight is 324 g/mol. The molecule has 1 aliphatic heterocycles. The van der Waals surface area contributed by atoms with Gasteiger partial charge in [0.2, 0.25) is 5.91 Å². The molecule has 2 heterocycles. The zero-order chi connectivity index (χ0) is 16.2. The van der Waals surface area contributed by atoms with Crippen LogP contribution in [0.1, 0.15) is 39.4 Å². The molecular weight excluding hydrogens is 296 g/mol. The molecule has 0 radical (unpaired) electrons. The lowest BCUT2D eigenvalue weighted by atomic mass is 10.0. The first-order chi connectivity index (χ1) is 10.4. The molecular formula is C16H28N4OS. The molecule has 1 aromatic rings. The van der Waals surface area contributed by atoms with Crippen molar-refractivity contribution in [1.82, 2.24) is 20.0 Å². The number of aromatic nitrogens is 2. The predicted molar refractivity (Wildman–Crippen MR) is 92.3 cm³/mol. The van der Waals surface area contributed by atoms with Crippen molar-refractivity contribution in [3.8, 4) is 0 Å². The van der Waals surface area contributed by atoms with E-state index in [4.69, 9.17) is 0 Å². The minimum absolute atomic E-state index is 0.0467. The van der Waals surface area contributed by atoms with Crippen molar-refractivity contribution >= 4 is 17.7 Å². The van der Waals surface area contributed by atoms with E-state index in [1.165, 1.54) is 11.5 Å². The molecule has 0 bridgehead atoms. The molecule has 1 aromatic heterocycles. The summed E-state index contributed by atoms with van der Waals surface area (Å²) in [5, 5.41) is 7.59. The molecule has 2 rings (SSSR count). The highest BCUT2D eigenvalue weighted by Crippen LogP contribution is 2.13. The Morgan fingerprint density at radius 1 is 1.41 bits per heavy atom. The van der Waals surface area contributed by atoms with Gasteiger partial charge in [0.25, 0.3) is 0 Å². The molecule has 6 heteroatoms. The van der Waals surface area contributed by atoms with Gasteiger partial charge < -0.3 is 5.32 Å². The first-order valence-electron chi connectivity index (χ1n) is 8.01. The maximum absolute atomic E-state index is 12.3. The molecule has 1 saturated heterocycles. The topological polar surface area (TPSA) is 50.2 Å². The fourth-order valence-corrected chi connectivity index (χ4v) is 3.68. The summed E-state index contributed by atoms with van der Waals surface area (Å²) in [7, 11) is 0. The predicted octanol–water partition coefficient (Wildman–Crippen LogP) is 1.95. The normalized spacial score (nSPS) is 17.0. The number of rotatable bonds is 6. The summed E-state index contributed by atoms with van der Waals surface area (Å²) in [6.45, 7) is 11.5. The number of carbonyl (C=O) groups is 1. The van der Waals surface area contributed by atoms with E-state index in [0.717, 1.165) is 25.3 Å². The third-order valence-corrected chi connectivity index (χ3v) is 4.68. The van der Waals surface area contributed by atoms with Crippen LogP contribution in [0.15, 0.2) is 12.3 Å². The number of nitrogens with one attached hydrogen (secondary N) is 1. The third kappa shape index (κ3) is 5.32. The number of hydrogen-bond donors (Lipinski definition) is 1. The Morgan fingerprint density at radius 3 is 2.68 bits per heavy atom. The summed E-state index contributed by atoms with van der Waals surface area (Å²) < 4.78 is 1.89. The Hall–Kier alpha value is -1.01. The first-order valence-corrected chi connectivity index (χ1v) is 9.16. The van der Waals surface area contributed by atoms with Crippen molar-refractivity contribution in [1.29, 1.82) is 0 Å². The monoisotopic (exact) mass is 324 g/mol. The van der Waals surface area contributed by atoms with Crippen molar-refractivity contribution in [3.05, 3.63) is 18.0 Å². The molecule has 0 spiro atoms. The third-order valence-electron chi connectivity index (χ3n) is 3.73. The van der Waals surface area contributed by atoms with Crippen LogP contribution in [0, 0.1) is 0 Å². The molecule has 0 atom stereocenters. The van der Waals surface area contributed by atoms with E-state index in [9.17, 15) is 4.79 Å². The maximum Gasteiger partial charge on any atom is 0.226 e. The second-order valence-electron chi connectivity index (χ2n) is 6.88. The summed E-state index contributed by atoms with van der Waals surface area (Å²) in [6, 6.07) is 2.25. The zero-order valence-electron chi connectivity index (χ0n) is 14.1. The zero-order valence-corrected chi connectivity index (χ0v) is 14.9. The number of carbonyl (C=O) groups excluding carboxylic acids is 1. The van der Waals surface area contributed by atoms with Gasteiger partial charge in [-0.25, -0.2) is 0 Å². The number of hydrogen-bond acceptors (Lipinski definition) is 4. The van der Waals surface area contributed by atoms with Crippen molar-refractivity contribution in [2.24, 2.45) is 0 Å². The van der Waals surface area contributed by atoms with E-state index in [1.807, 2.05) is 28.7 Å². The number of amides is 1. The summed E-state index contributed by atoms with van der Waals surface area (Å²) in [5.74, 6) is 2.43. The Balaban J connectivity index is 1.83. The van der Waals surface area contributed by atoms with Crippen LogP contribution in [-0.2, 0) is 11.2 Å². The Labute approximate surface area is 137 Å². The van der Waals surface area contributed by atoms with Gasteiger partial charge in [0.05, 0.1) is 12.1 Å². The van der Waals surface area contributed by atoms with Gasteiger partial charge in [-0.15, -0.1) is 0 Å². The average Bonchev–Trinajstić information content (AvgIpc) is 2.87. The Bertz CT molecular complexity index is 492. The van der Waals surface area contributed by atoms with E-state index >= 15 is 0 Å². The van der Waals surface area contributed by atoms with Gasteiger partial charge >= 0.3 is 0 Å². The van der Waals surface area contributed by atoms with Crippen molar-refractivity contribution < 1.29 is 4.79 Å². The molecule has 0 aromatic carbocycles. The Kier molecular flexibility index (Phi) is 5.92. The lowest BCUT2D eigenvalue weighted by molar-refractivity contribution is -0.122. The summed E-state index contributed by atoms with van der Waals surface area (Å²) in [5.41, 5.74) is 0.621. The van der Waals surface area contributed by atoms with Gasteiger partial charge in [0, 0.05) is 48.9 Å². The van der Waals surface area contributed by atoms with Crippen LogP contribution >= 0.6 is 11.8 Å². The van der Waals surface area contributed by atoms with E-state index in [1.54, 1.807) is 0 Å². The minimum Gasteiger partial charge on any atom is -0.350 e. The summed E-state index contributed by atoms with van der Waals surface area (Å²) in [6.07, 6.45) is 2.28. The van der Waals surface area contributed by atoms with Crippen LogP contribution < -0.4 is 5.32 Å². The highest BCUT2D eigenvalue weighted by Gasteiger charge is 2.25. The molecule has 1 amide bonds. The SMILES string of the molecule is CC(C)n1ccc(CC(=O)NC(C)(C)CN2CCSCC2)n1. The van der Waals surface area contributed by atoms with Crippen molar-refractivity contribution in [2.75, 3.05) is 31.1 Å². The van der Waals surface area contributed by atoms with Gasteiger partial charge in [-0.05, 0) is 33.8 Å². The number of thioether (sulfide) groups is 1. The fraction of sp³-hybridized carbons (Fsp3) is 0.750. The van der Waals surface area contributed by atoms with Crippen molar-refractivity contribution in [3.63, 3.8) is 0 Å². The first kappa shape index (κ1) is 17.3. The van der Waals surface area contributed by atoms with Gasteiger partial charge in [0.15, 0.2) is 0 Å². The second kappa shape index (κ2) is 7.51. The van der Waals surface area contributed by atoms with Crippen LogP contribution in [-0.4, -0.2) is 57.3 Å². The van der Waals surface area contributed by atoms with Gasteiger partial charge in [0.1, 0.15) is 0 Å². The molecule has 0 aliphatic carbocycles. The highest BCUT2D eigenvalue weighted by atomic mass is 32.2. The highest BCUT2D eigenvalue weighted by molar-refractivity contribution is 7.99. The van der Waals surface area contributed by atoms with E-state index < -0.39 is 0 Å². The lowest BCUT2D eigenvalue weighted by Gasteiger charge is -2.35. The van der Waals surface area contributed by atoms with Crippen LogP contribution in [0.5, 0.6) is 0 Å². The largest absolute Gasteiger partial charge is 0.350 e. The molecule has 0 saturated carbocycles. The van der Waals surface area contributed by atoms with Crippen LogP contribution in [0.3, 0.4) is 0 Å². The molecule has 1 N–H and O–H groups in total. The number of nitrogens with zero attached hydrogens (tertiary/aromatic N) is 3. The Morgan fingerprint density at radius 2 is 2.09 bits per heavy atom. The smallest absolute Gasteiger partial charge is 0.226 e. The molecule has 0 unspecified atom stereocenters. The van der Waals surface area contributed by atoms with Crippen LogP contribution in [0.25, 0.3) is 0 Å². The fourth-order valence-electron chi connectivity index (χ4n) is 2.70. The second-order valence-corrected chi connectivity index (χ2v) is 8.10. The minimum atomic E-state index is -0.209. The molecule has 1 fully saturated rings. The summed E-state index contributed by atoms with van der Waals surface area (Å²) >= 11 is 2.01. The van der Waals surface area contributed by atoms with Crippen LogP contribution in [0.2, 0.25) is 0 Å². The summed E-state index contributed by atoms with van der Waals surface area (Å²) in [4.78, 5) is 14.7. The van der Waals surface area contributed by atoms with Crippen molar-refractivity contribution in [2.45, 2.75) is 45.7 Å². The molecule has 22 heavy (non-hydrogen) atoms. The lowest BCUT2D eigenvalue weighted by Crippen LogP contribution is -2.53. The van der Waals surface area contributed by atoms with E-state index in [0.29, 0.717) is 12.5 Å². The standard InChI is InChI=1S/C16H28N4OS/c1-13(2)20-6-5-14(18-20)11-15(21)17-16(3,4)12-19-7-9-22-10-8-19/h5-6,13H,7-12H2,1-4H3,(H,17,21). The quantitative estimate of drug-likeness (QED) is 0.869. The maximum atomic E-state index is 12.3. The van der Waals surface area contributed by atoms with E-state index in [-0.39, 0.29) is 11.4 Å². The molecule has 5 nitrogen and oxygen atoms in total. The van der Waals surface area contributed by atoms with Crippen LogP contribution in [0.4, 0.5) is 0 Å². The van der Waals surface area contributed by atoms with E-state index in [2.05, 4.69) is 43.0 Å². The molecule has 124 valence electrons. The molecule has 1 aliphatic rings. The van der Waals surface area contributed by atoms with Gasteiger partial charge in [-0.3, -0.25) is 14.4 Å².